The molecule has 30 heavy (non-hydrogen) atoms. The summed E-state index contributed by atoms with van der Waals surface area (Å²) in [6.07, 6.45) is 3.63. The number of benzene rings is 2. The average Bonchev–Trinajstić information content (AvgIpc) is 3.24. The molecule has 1 amide bonds. The molecule has 1 heterocycles. The summed E-state index contributed by atoms with van der Waals surface area (Å²) in [5, 5.41) is 6.36. The molecule has 0 aliphatic carbocycles. The molecule has 1 atom stereocenters. The van der Waals surface area contributed by atoms with Gasteiger partial charge in [-0.1, -0.05) is 60.7 Å². The van der Waals surface area contributed by atoms with E-state index >= 15 is 0 Å². The molecule has 1 aliphatic heterocycles. The lowest BCUT2D eigenvalue weighted by molar-refractivity contribution is -0.146. The van der Waals surface area contributed by atoms with Gasteiger partial charge in [0.25, 0.3) is 5.91 Å². The maximum atomic E-state index is 12.7. The van der Waals surface area contributed by atoms with Crippen molar-refractivity contribution in [1.29, 1.82) is 0 Å². The number of esters is 1. The monoisotopic (exact) mass is 403 g/mol. The Kier molecular flexibility index (Phi) is 7.16. The van der Waals surface area contributed by atoms with Gasteiger partial charge < -0.3 is 9.64 Å². The third-order valence-electron chi connectivity index (χ3n) is 4.73. The summed E-state index contributed by atoms with van der Waals surface area (Å²) in [4.78, 5) is 26.5. The van der Waals surface area contributed by atoms with E-state index in [-0.39, 0.29) is 18.6 Å². The third kappa shape index (κ3) is 5.03. The quantitative estimate of drug-likeness (QED) is 0.473. The Bertz CT molecular complexity index is 915. The Morgan fingerprint density at radius 1 is 1.03 bits per heavy atom. The van der Waals surface area contributed by atoms with Gasteiger partial charge >= 0.3 is 5.97 Å². The summed E-state index contributed by atoms with van der Waals surface area (Å²) in [7, 11) is 0. The van der Waals surface area contributed by atoms with E-state index in [0.29, 0.717) is 25.2 Å². The number of amides is 1. The molecule has 0 N–H and O–H groups in total. The molecule has 0 bridgehead atoms. The summed E-state index contributed by atoms with van der Waals surface area (Å²) in [6.45, 7) is 7.65. The molecule has 6 heteroatoms. The van der Waals surface area contributed by atoms with Crippen LogP contribution in [-0.2, 0) is 14.3 Å². The number of rotatable bonds is 9. The molecule has 0 fully saturated rings. The Balaban J connectivity index is 1.73. The summed E-state index contributed by atoms with van der Waals surface area (Å²) in [6, 6.07) is 19.4. The van der Waals surface area contributed by atoms with Crippen LogP contribution in [0.3, 0.4) is 0 Å². The van der Waals surface area contributed by atoms with Crippen molar-refractivity contribution in [3.8, 4) is 0 Å². The number of para-hydroxylation sites is 1. The van der Waals surface area contributed by atoms with Gasteiger partial charge in [-0.15, -0.1) is 13.2 Å². The second-order valence-electron chi connectivity index (χ2n) is 6.81. The Morgan fingerprint density at radius 2 is 1.63 bits per heavy atom. The van der Waals surface area contributed by atoms with E-state index in [1.807, 2.05) is 65.7 Å². The molecular weight excluding hydrogens is 378 g/mol. The van der Waals surface area contributed by atoms with Gasteiger partial charge in [0.15, 0.2) is 6.61 Å². The summed E-state index contributed by atoms with van der Waals surface area (Å²) < 4.78 is 5.27. The molecule has 0 saturated heterocycles. The van der Waals surface area contributed by atoms with Crippen molar-refractivity contribution in [2.24, 2.45) is 5.10 Å². The second kappa shape index (κ2) is 10.2. The second-order valence-corrected chi connectivity index (χ2v) is 6.81. The highest BCUT2D eigenvalue weighted by atomic mass is 16.5. The molecule has 0 unspecified atom stereocenters. The first kappa shape index (κ1) is 21.0. The fourth-order valence-electron chi connectivity index (χ4n) is 3.28. The highest BCUT2D eigenvalue weighted by molar-refractivity contribution is 6.37. The van der Waals surface area contributed by atoms with Gasteiger partial charge in [0.05, 0.1) is 11.7 Å². The van der Waals surface area contributed by atoms with E-state index in [1.165, 1.54) is 4.90 Å². The van der Waals surface area contributed by atoms with Gasteiger partial charge in [-0.25, -0.2) is 4.79 Å². The van der Waals surface area contributed by atoms with Crippen LogP contribution in [0.5, 0.6) is 0 Å². The van der Waals surface area contributed by atoms with Crippen molar-refractivity contribution in [2.45, 2.75) is 12.5 Å². The Labute approximate surface area is 176 Å². The molecule has 0 spiro atoms. The summed E-state index contributed by atoms with van der Waals surface area (Å²) >= 11 is 0. The normalized spacial score (nSPS) is 15.3. The first-order valence-electron chi connectivity index (χ1n) is 9.77. The molecule has 0 saturated carbocycles. The van der Waals surface area contributed by atoms with E-state index < -0.39 is 5.97 Å². The minimum Gasteiger partial charge on any atom is -0.451 e. The minimum atomic E-state index is -0.583. The summed E-state index contributed by atoms with van der Waals surface area (Å²) in [5.41, 5.74) is 2.22. The maximum absolute atomic E-state index is 12.7. The largest absolute Gasteiger partial charge is 0.451 e. The van der Waals surface area contributed by atoms with Gasteiger partial charge in [-0.3, -0.25) is 9.80 Å². The lowest BCUT2D eigenvalue weighted by Gasteiger charge is -2.23. The molecular formula is C24H25N3O3. The average molecular weight is 403 g/mol. The topological polar surface area (TPSA) is 62.2 Å². The third-order valence-corrected chi connectivity index (χ3v) is 4.73. The van der Waals surface area contributed by atoms with Crippen molar-refractivity contribution < 1.29 is 14.3 Å². The number of hydrazone groups is 1. The molecule has 1 aliphatic rings. The van der Waals surface area contributed by atoms with Gasteiger partial charge in [0, 0.05) is 19.5 Å². The molecule has 2 aromatic rings. The van der Waals surface area contributed by atoms with E-state index in [2.05, 4.69) is 18.3 Å². The van der Waals surface area contributed by atoms with Crippen LogP contribution in [0.15, 0.2) is 91.1 Å². The highest BCUT2D eigenvalue weighted by Gasteiger charge is 2.33. The molecule has 3 rings (SSSR count). The SMILES string of the molecule is C=CCN(CC=C)C(=O)COC(=O)C1=NN(c2ccccc2)[C@H](c2ccccc2)C1. The van der Waals surface area contributed by atoms with Crippen molar-refractivity contribution in [2.75, 3.05) is 24.7 Å². The number of ether oxygens (including phenoxy) is 1. The van der Waals surface area contributed by atoms with E-state index in [1.54, 1.807) is 12.2 Å². The first-order valence-corrected chi connectivity index (χ1v) is 9.77. The molecule has 6 nitrogen and oxygen atoms in total. The molecule has 0 aromatic heterocycles. The van der Waals surface area contributed by atoms with Gasteiger partial charge in [0.2, 0.25) is 0 Å². The van der Waals surface area contributed by atoms with Gasteiger partial charge in [-0.05, 0) is 17.7 Å². The van der Waals surface area contributed by atoms with E-state index in [4.69, 9.17) is 4.74 Å². The van der Waals surface area contributed by atoms with Gasteiger partial charge in [-0.2, -0.15) is 5.10 Å². The lowest BCUT2D eigenvalue weighted by atomic mass is 10.0. The minimum absolute atomic E-state index is 0.120. The van der Waals surface area contributed by atoms with Crippen LogP contribution in [-0.4, -0.2) is 42.2 Å². The number of anilines is 1. The van der Waals surface area contributed by atoms with E-state index in [0.717, 1.165) is 11.3 Å². The van der Waals surface area contributed by atoms with Crippen LogP contribution in [0.4, 0.5) is 5.69 Å². The van der Waals surface area contributed by atoms with Crippen molar-refractivity contribution in [1.82, 2.24) is 4.90 Å². The zero-order chi connectivity index (χ0) is 21.3. The number of nitrogens with zero attached hydrogens (tertiary/aromatic N) is 3. The number of hydrogen-bond acceptors (Lipinski definition) is 5. The molecule has 2 aromatic carbocycles. The van der Waals surface area contributed by atoms with Crippen LogP contribution in [0.2, 0.25) is 0 Å². The van der Waals surface area contributed by atoms with Crippen LogP contribution in [0.25, 0.3) is 0 Å². The number of carbonyl (C=O) groups is 2. The van der Waals surface area contributed by atoms with Crippen LogP contribution in [0.1, 0.15) is 18.0 Å². The molecule has 154 valence electrons. The number of carbonyl (C=O) groups excluding carboxylic acids is 2. The zero-order valence-electron chi connectivity index (χ0n) is 16.8. The maximum Gasteiger partial charge on any atom is 0.355 e. The highest BCUT2D eigenvalue weighted by Crippen LogP contribution is 2.35. The van der Waals surface area contributed by atoms with Crippen molar-refractivity contribution in [3.05, 3.63) is 91.5 Å². The standard InChI is InChI=1S/C24H25N3O3/c1-3-15-26(16-4-2)23(28)18-30-24(29)21-17-22(19-11-7-5-8-12-19)27(25-21)20-13-9-6-10-14-20/h3-14,22H,1-2,15-18H2/t22-/m0/s1. The Hall–Kier alpha value is -3.67. The smallest absolute Gasteiger partial charge is 0.355 e. The van der Waals surface area contributed by atoms with Gasteiger partial charge in [0.1, 0.15) is 5.71 Å². The zero-order valence-corrected chi connectivity index (χ0v) is 16.8. The number of hydrogen-bond donors (Lipinski definition) is 0. The Morgan fingerprint density at radius 3 is 2.23 bits per heavy atom. The van der Waals surface area contributed by atoms with Crippen molar-refractivity contribution >= 4 is 23.3 Å². The fourth-order valence-corrected chi connectivity index (χ4v) is 3.28. The molecule has 0 radical (unpaired) electrons. The first-order chi connectivity index (χ1) is 14.6. The van der Waals surface area contributed by atoms with E-state index in [9.17, 15) is 9.59 Å². The predicted molar refractivity (Wildman–Crippen MR) is 118 cm³/mol. The van der Waals surface area contributed by atoms with Crippen molar-refractivity contribution in [3.63, 3.8) is 0 Å². The van der Waals surface area contributed by atoms with Crippen LogP contribution >= 0.6 is 0 Å². The summed E-state index contributed by atoms with van der Waals surface area (Å²) in [5.74, 6) is -0.888. The fraction of sp³-hybridized carbons (Fsp3) is 0.208. The van der Waals surface area contributed by atoms with Crippen LogP contribution in [0, 0.1) is 0 Å². The lowest BCUT2D eigenvalue weighted by Crippen LogP contribution is -2.35. The predicted octanol–water partition coefficient (Wildman–Crippen LogP) is 3.74. The van der Waals surface area contributed by atoms with Crippen LogP contribution < -0.4 is 5.01 Å².